The largest absolute Gasteiger partial charge is 0.383 e. The van der Waals surface area contributed by atoms with Gasteiger partial charge in [0, 0.05) is 25.7 Å². The molecule has 1 aliphatic heterocycles. The maximum absolute atomic E-state index is 5.00. The van der Waals surface area contributed by atoms with Crippen molar-refractivity contribution in [1.82, 2.24) is 10.6 Å². The van der Waals surface area contributed by atoms with E-state index in [0.29, 0.717) is 6.04 Å². The van der Waals surface area contributed by atoms with E-state index in [4.69, 9.17) is 4.74 Å². The molecule has 0 aromatic rings. The molecule has 1 saturated heterocycles. The standard InChI is InChI=1S/C11H24N2O/c1-10(12-7-8-14-2)9-11-5-3-4-6-13-11/h10-13H,3-9H2,1-2H3. The Kier molecular flexibility index (Phi) is 6.15. The Labute approximate surface area is 87.6 Å². The quantitative estimate of drug-likeness (QED) is 0.631. The van der Waals surface area contributed by atoms with Crippen LogP contribution in [0.3, 0.4) is 0 Å². The second kappa shape index (κ2) is 7.21. The molecular formula is C11H24N2O. The molecule has 3 nitrogen and oxygen atoms in total. The van der Waals surface area contributed by atoms with Crippen LogP contribution in [0.4, 0.5) is 0 Å². The van der Waals surface area contributed by atoms with Crippen LogP contribution in [0.1, 0.15) is 32.6 Å². The zero-order chi connectivity index (χ0) is 10.2. The predicted molar refractivity (Wildman–Crippen MR) is 59.6 cm³/mol. The number of hydrogen-bond donors (Lipinski definition) is 2. The minimum Gasteiger partial charge on any atom is -0.383 e. The molecule has 0 aromatic heterocycles. The highest BCUT2D eigenvalue weighted by molar-refractivity contribution is 4.76. The van der Waals surface area contributed by atoms with E-state index >= 15 is 0 Å². The maximum Gasteiger partial charge on any atom is 0.0587 e. The Morgan fingerprint density at radius 3 is 3.00 bits per heavy atom. The lowest BCUT2D eigenvalue weighted by atomic mass is 9.99. The van der Waals surface area contributed by atoms with Crippen LogP contribution >= 0.6 is 0 Å². The summed E-state index contributed by atoms with van der Waals surface area (Å²) in [6.45, 7) is 5.23. The number of rotatable bonds is 6. The highest BCUT2D eigenvalue weighted by atomic mass is 16.5. The van der Waals surface area contributed by atoms with Gasteiger partial charge in [0.15, 0.2) is 0 Å². The minimum absolute atomic E-state index is 0.598. The topological polar surface area (TPSA) is 33.3 Å². The van der Waals surface area contributed by atoms with Crippen molar-refractivity contribution in [3.8, 4) is 0 Å². The van der Waals surface area contributed by atoms with Crippen LogP contribution in [0.25, 0.3) is 0 Å². The minimum atomic E-state index is 0.598. The van der Waals surface area contributed by atoms with Gasteiger partial charge in [0.25, 0.3) is 0 Å². The first kappa shape index (κ1) is 12.0. The average molecular weight is 200 g/mol. The van der Waals surface area contributed by atoms with Crippen LogP contribution in [0.2, 0.25) is 0 Å². The fraction of sp³-hybridized carbons (Fsp3) is 1.00. The predicted octanol–water partition coefficient (Wildman–Crippen LogP) is 1.14. The summed E-state index contributed by atoms with van der Waals surface area (Å²) >= 11 is 0. The molecule has 2 unspecified atom stereocenters. The summed E-state index contributed by atoms with van der Waals surface area (Å²) in [7, 11) is 1.75. The van der Waals surface area contributed by atoms with Crippen LogP contribution in [-0.4, -0.2) is 38.9 Å². The average Bonchev–Trinajstić information content (AvgIpc) is 2.20. The molecule has 3 heteroatoms. The normalized spacial score (nSPS) is 24.9. The Bertz CT molecular complexity index is 135. The molecule has 0 aromatic carbocycles. The molecule has 2 N–H and O–H groups in total. The summed E-state index contributed by atoms with van der Waals surface area (Å²) in [5.41, 5.74) is 0. The second-order valence-electron chi connectivity index (χ2n) is 4.23. The summed E-state index contributed by atoms with van der Waals surface area (Å²) in [5.74, 6) is 0. The monoisotopic (exact) mass is 200 g/mol. The Hall–Kier alpha value is -0.120. The molecular weight excluding hydrogens is 176 g/mol. The van der Waals surface area contributed by atoms with Crippen molar-refractivity contribution in [2.75, 3.05) is 26.8 Å². The number of piperidine rings is 1. The molecule has 84 valence electrons. The lowest BCUT2D eigenvalue weighted by molar-refractivity contribution is 0.194. The van der Waals surface area contributed by atoms with Gasteiger partial charge in [0.1, 0.15) is 0 Å². The molecule has 0 bridgehead atoms. The summed E-state index contributed by atoms with van der Waals surface area (Å²) in [4.78, 5) is 0. The Morgan fingerprint density at radius 1 is 1.50 bits per heavy atom. The van der Waals surface area contributed by atoms with Crippen LogP contribution in [0.5, 0.6) is 0 Å². The van der Waals surface area contributed by atoms with E-state index in [1.807, 2.05) is 0 Å². The fourth-order valence-corrected chi connectivity index (χ4v) is 2.04. The molecule has 0 amide bonds. The first-order valence-corrected chi connectivity index (χ1v) is 5.78. The van der Waals surface area contributed by atoms with Gasteiger partial charge in [-0.15, -0.1) is 0 Å². The van der Waals surface area contributed by atoms with E-state index in [-0.39, 0.29) is 0 Å². The lowest BCUT2D eigenvalue weighted by Gasteiger charge is -2.26. The Balaban J connectivity index is 2.03. The van der Waals surface area contributed by atoms with Gasteiger partial charge in [0.05, 0.1) is 6.61 Å². The first-order chi connectivity index (χ1) is 6.83. The van der Waals surface area contributed by atoms with E-state index in [9.17, 15) is 0 Å². The summed E-state index contributed by atoms with van der Waals surface area (Å²) in [5, 5.41) is 7.03. The second-order valence-corrected chi connectivity index (χ2v) is 4.23. The smallest absolute Gasteiger partial charge is 0.0587 e. The molecule has 0 spiro atoms. The van der Waals surface area contributed by atoms with Gasteiger partial charge in [-0.3, -0.25) is 0 Å². The molecule has 14 heavy (non-hydrogen) atoms. The van der Waals surface area contributed by atoms with E-state index < -0.39 is 0 Å². The van der Waals surface area contributed by atoms with Gasteiger partial charge in [0.2, 0.25) is 0 Å². The Morgan fingerprint density at radius 2 is 2.36 bits per heavy atom. The van der Waals surface area contributed by atoms with Crippen molar-refractivity contribution in [3.63, 3.8) is 0 Å². The van der Waals surface area contributed by atoms with Gasteiger partial charge in [-0.05, 0) is 32.7 Å². The van der Waals surface area contributed by atoms with E-state index in [1.54, 1.807) is 7.11 Å². The van der Waals surface area contributed by atoms with Crippen LogP contribution in [0.15, 0.2) is 0 Å². The van der Waals surface area contributed by atoms with Crippen molar-refractivity contribution in [2.45, 2.75) is 44.7 Å². The molecule has 1 rings (SSSR count). The van der Waals surface area contributed by atoms with E-state index in [1.165, 1.54) is 32.2 Å². The van der Waals surface area contributed by atoms with E-state index in [2.05, 4.69) is 17.6 Å². The third kappa shape index (κ3) is 4.94. The molecule has 0 radical (unpaired) electrons. The van der Waals surface area contributed by atoms with Gasteiger partial charge in [-0.1, -0.05) is 6.42 Å². The molecule has 2 atom stereocenters. The number of methoxy groups -OCH3 is 1. The summed E-state index contributed by atoms with van der Waals surface area (Å²) in [6, 6.07) is 1.33. The van der Waals surface area contributed by atoms with Crippen LogP contribution < -0.4 is 10.6 Å². The van der Waals surface area contributed by atoms with Crippen molar-refractivity contribution in [1.29, 1.82) is 0 Å². The number of ether oxygens (including phenoxy) is 1. The van der Waals surface area contributed by atoms with Gasteiger partial charge >= 0.3 is 0 Å². The zero-order valence-electron chi connectivity index (χ0n) is 9.51. The van der Waals surface area contributed by atoms with Crippen molar-refractivity contribution in [2.24, 2.45) is 0 Å². The third-order valence-electron chi connectivity index (χ3n) is 2.85. The van der Waals surface area contributed by atoms with Gasteiger partial charge in [-0.2, -0.15) is 0 Å². The summed E-state index contributed by atoms with van der Waals surface area (Å²) < 4.78 is 5.00. The van der Waals surface area contributed by atoms with Crippen molar-refractivity contribution in [3.05, 3.63) is 0 Å². The maximum atomic E-state index is 5.00. The summed E-state index contributed by atoms with van der Waals surface area (Å²) in [6.07, 6.45) is 5.32. The third-order valence-corrected chi connectivity index (χ3v) is 2.85. The van der Waals surface area contributed by atoms with Crippen LogP contribution in [0, 0.1) is 0 Å². The highest BCUT2D eigenvalue weighted by Crippen LogP contribution is 2.11. The lowest BCUT2D eigenvalue weighted by Crippen LogP contribution is -2.40. The molecule has 0 saturated carbocycles. The SMILES string of the molecule is COCCNC(C)CC1CCCCN1. The molecule has 1 aliphatic rings. The first-order valence-electron chi connectivity index (χ1n) is 5.78. The van der Waals surface area contributed by atoms with E-state index in [0.717, 1.165) is 19.2 Å². The number of hydrogen-bond acceptors (Lipinski definition) is 3. The fourth-order valence-electron chi connectivity index (χ4n) is 2.04. The van der Waals surface area contributed by atoms with Gasteiger partial charge in [-0.25, -0.2) is 0 Å². The number of nitrogens with one attached hydrogen (secondary N) is 2. The van der Waals surface area contributed by atoms with Gasteiger partial charge < -0.3 is 15.4 Å². The molecule has 1 heterocycles. The molecule has 1 fully saturated rings. The van der Waals surface area contributed by atoms with Crippen molar-refractivity contribution < 1.29 is 4.74 Å². The highest BCUT2D eigenvalue weighted by Gasteiger charge is 2.14. The van der Waals surface area contributed by atoms with Crippen LogP contribution in [-0.2, 0) is 4.74 Å². The zero-order valence-corrected chi connectivity index (χ0v) is 9.51. The molecule has 0 aliphatic carbocycles. The van der Waals surface area contributed by atoms with Crippen molar-refractivity contribution >= 4 is 0 Å².